The summed E-state index contributed by atoms with van der Waals surface area (Å²) < 4.78 is 10.6. The molecule has 0 radical (unpaired) electrons. The summed E-state index contributed by atoms with van der Waals surface area (Å²) in [5.41, 5.74) is -1.12. The average molecular weight is 988 g/mol. The van der Waals surface area contributed by atoms with Gasteiger partial charge in [-0.25, -0.2) is 0 Å². The van der Waals surface area contributed by atoms with Gasteiger partial charge in [0.2, 0.25) is 0 Å². The van der Waals surface area contributed by atoms with Gasteiger partial charge in [0, 0.05) is 0 Å². The van der Waals surface area contributed by atoms with Crippen LogP contribution >= 0.6 is 0 Å². The lowest BCUT2D eigenvalue weighted by molar-refractivity contribution is -0.155. The Balaban J connectivity index is 1.68. The van der Waals surface area contributed by atoms with E-state index in [4.69, 9.17) is 9.47 Å². The van der Waals surface area contributed by atoms with E-state index in [1.807, 2.05) is 0 Å². The van der Waals surface area contributed by atoms with Crippen molar-refractivity contribution in [2.45, 2.75) is 347 Å². The third-order valence-corrected chi connectivity index (χ3v) is 15.8. The maximum atomic E-state index is 12.5. The van der Waals surface area contributed by atoms with Crippen molar-refractivity contribution in [1.82, 2.24) is 0 Å². The number of aliphatic hydroxyl groups is 2. The van der Waals surface area contributed by atoms with Crippen molar-refractivity contribution in [3.63, 3.8) is 0 Å². The Morgan fingerprint density at radius 1 is 0.371 bits per heavy atom. The van der Waals surface area contributed by atoms with Gasteiger partial charge >= 0.3 is 11.9 Å². The molecule has 6 heteroatoms. The first-order valence-electron chi connectivity index (χ1n) is 31.8. The summed E-state index contributed by atoms with van der Waals surface area (Å²) in [4.78, 5) is 24.7. The highest BCUT2D eigenvalue weighted by Crippen LogP contribution is 2.25. The highest BCUT2D eigenvalue weighted by molar-refractivity contribution is 5.80. The number of carbonyl (C=O) groups excluding carboxylic acids is 2. The minimum Gasteiger partial charge on any atom is -0.465 e. The molecule has 1 unspecified atom stereocenters. The van der Waals surface area contributed by atoms with Crippen molar-refractivity contribution in [1.29, 1.82) is 0 Å². The minimum atomic E-state index is -1.12. The van der Waals surface area contributed by atoms with Gasteiger partial charge in [-0.05, 0) is 32.1 Å². The lowest BCUT2D eigenvalue weighted by Crippen LogP contribution is -2.40. The van der Waals surface area contributed by atoms with Gasteiger partial charge in [0.1, 0.15) is 13.2 Å². The molecule has 1 saturated heterocycles. The second-order valence-corrected chi connectivity index (χ2v) is 22.8. The molecule has 0 saturated carbocycles. The van der Waals surface area contributed by atoms with Crippen LogP contribution in [0.5, 0.6) is 0 Å². The molecule has 414 valence electrons. The Kier molecular flexibility index (Phi) is 51.3. The van der Waals surface area contributed by atoms with Crippen LogP contribution in [-0.2, 0) is 19.1 Å². The maximum Gasteiger partial charge on any atom is 0.309 e. The molecule has 70 heavy (non-hydrogen) atoms. The molecule has 1 rings (SSSR count). The predicted octanol–water partition coefficient (Wildman–Crippen LogP) is 19.9. The van der Waals surface area contributed by atoms with Crippen LogP contribution in [0.2, 0.25) is 0 Å². The SMILES string of the molecule is CCCCCCCCCCCCCCCCCCCCCCC/C=C/CCCCCCCCCCCCCCCCCCCCCCCCCCCCCCC1CC(=O)OCC(CO)(CO)COC1=O. The van der Waals surface area contributed by atoms with Gasteiger partial charge in [-0.1, -0.05) is 321 Å². The van der Waals surface area contributed by atoms with Gasteiger partial charge in [-0.2, -0.15) is 0 Å². The van der Waals surface area contributed by atoms with Crippen LogP contribution in [0.4, 0.5) is 0 Å². The first-order valence-corrected chi connectivity index (χ1v) is 31.8. The van der Waals surface area contributed by atoms with Crippen molar-refractivity contribution >= 4 is 11.9 Å². The van der Waals surface area contributed by atoms with E-state index in [-0.39, 0.29) is 19.6 Å². The van der Waals surface area contributed by atoms with Crippen molar-refractivity contribution in [2.75, 3.05) is 26.4 Å². The molecule has 1 fully saturated rings. The second kappa shape index (κ2) is 53.9. The van der Waals surface area contributed by atoms with E-state index in [2.05, 4.69) is 19.1 Å². The lowest BCUT2D eigenvalue weighted by atomic mass is 9.92. The van der Waals surface area contributed by atoms with Crippen LogP contribution in [0.3, 0.4) is 0 Å². The Bertz CT molecular complexity index is 1100. The van der Waals surface area contributed by atoms with E-state index in [0.29, 0.717) is 6.42 Å². The number of ether oxygens (including phenoxy) is 2. The van der Waals surface area contributed by atoms with Gasteiger partial charge in [0.15, 0.2) is 0 Å². The normalized spacial score (nSPS) is 15.3. The van der Waals surface area contributed by atoms with Crippen molar-refractivity contribution in [3.05, 3.63) is 12.2 Å². The van der Waals surface area contributed by atoms with Gasteiger partial charge in [0.25, 0.3) is 0 Å². The highest BCUT2D eigenvalue weighted by Gasteiger charge is 2.36. The Morgan fingerprint density at radius 2 is 0.614 bits per heavy atom. The number of esters is 2. The second-order valence-electron chi connectivity index (χ2n) is 22.8. The molecular formula is C64H122O6. The molecule has 0 spiro atoms. The van der Waals surface area contributed by atoms with Crippen molar-refractivity contribution in [2.24, 2.45) is 11.3 Å². The number of rotatable bonds is 55. The predicted molar refractivity (Wildman–Crippen MR) is 302 cm³/mol. The molecule has 0 aliphatic carbocycles. The van der Waals surface area contributed by atoms with Gasteiger partial charge < -0.3 is 19.7 Å². The third-order valence-electron chi connectivity index (χ3n) is 15.8. The summed E-state index contributed by atoms with van der Waals surface area (Å²) in [6.45, 7) is 1.21. The van der Waals surface area contributed by atoms with E-state index in [9.17, 15) is 19.8 Å². The van der Waals surface area contributed by atoms with Crippen LogP contribution in [0.15, 0.2) is 12.2 Å². The number of carbonyl (C=O) groups is 2. The number of aliphatic hydroxyl groups excluding tert-OH is 2. The summed E-state index contributed by atoms with van der Waals surface area (Å²) >= 11 is 0. The number of unbranched alkanes of at least 4 members (excludes halogenated alkanes) is 49. The third kappa shape index (κ3) is 45.2. The highest BCUT2D eigenvalue weighted by atomic mass is 16.6. The summed E-state index contributed by atoms with van der Waals surface area (Å²) in [7, 11) is 0. The largest absolute Gasteiger partial charge is 0.465 e. The molecule has 1 aliphatic heterocycles. The topological polar surface area (TPSA) is 93.1 Å². The van der Waals surface area contributed by atoms with Crippen LogP contribution in [-0.4, -0.2) is 48.6 Å². The van der Waals surface area contributed by atoms with E-state index >= 15 is 0 Å². The zero-order valence-electron chi connectivity index (χ0n) is 47.1. The van der Waals surface area contributed by atoms with Crippen LogP contribution in [0.25, 0.3) is 0 Å². The van der Waals surface area contributed by atoms with Gasteiger partial charge in [-0.15, -0.1) is 0 Å². The molecule has 6 nitrogen and oxygen atoms in total. The first kappa shape index (κ1) is 66.6. The quantitative estimate of drug-likeness (QED) is 0.0358. The zero-order chi connectivity index (χ0) is 50.4. The molecule has 0 aromatic carbocycles. The first-order chi connectivity index (χ1) is 34.6. The van der Waals surface area contributed by atoms with Crippen molar-refractivity contribution in [3.8, 4) is 0 Å². The Labute approximate surface area is 436 Å². The van der Waals surface area contributed by atoms with E-state index in [1.165, 1.54) is 308 Å². The molecule has 1 heterocycles. The molecule has 0 bridgehead atoms. The molecule has 1 aliphatic rings. The number of hydrogen-bond donors (Lipinski definition) is 2. The number of allylic oxidation sites excluding steroid dienone is 2. The molecule has 0 amide bonds. The number of hydrogen-bond acceptors (Lipinski definition) is 6. The Morgan fingerprint density at radius 3 is 0.886 bits per heavy atom. The number of cyclic esters (lactones) is 2. The monoisotopic (exact) mass is 987 g/mol. The molecule has 0 aromatic rings. The smallest absolute Gasteiger partial charge is 0.309 e. The Hall–Kier alpha value is -1.40. The molecular weight excluding hydrogens is 865 g/mol. The average Bonchev–Trinajstić information content (AvgIpc) is 3.43. The zero-order valence-corrected chi connectivity index (χ0v) is 47.1. The summed E-state index contributed by atoms with van der Waals surface area (Å²) in [5.74, 6) is -1.40. The molecule has 2 N–H and O–H groups in total. The summed E-state index contributed by atoms with van der Waals surface area (Å²) in [6.07, 6.45) is 77.2. The summed E-state index contributed by atoms with van der Waals surface area (Å²) in [5, 5.41) is 19.2. The molecule has 1 atom stereocenters. The lowest BCUT2D eigenvalue weighted by Gasteiger charge is -2.27. The fourth-order valence-electron chi connectivity index (χ4n) is 10.6. The van der Waals surface area contributed by atoms with Crippen LogP contribution in [0.1, 0.15) is 347 Å². The standard InChI is InChI=1S/C64H122O6/c1-2-3-4-5-6-7-8-9-10-11-12-13-14-15-16-17-18-19-20-21-22-23-24-25-26-27-28-29-30-31-32-33-34-35-36-37-38-39-40-41-42-43-44-45-46-47-48-49-50-51-52-53-54-55-61-56-62(67)69-59-64(57-65,58-66)60-70-63(61)68/h24-25,61,65-66H,2-23,26-60H2,1H3/b25-24+. The van der Waals surface area contributed by atoms with Crippen LogP contribution in [0, 0.1) is 11.3 Å². The maximum absolute atomic E-state index is 12.5. The van der Waals surface area contributed by atoms with E-state index in [1.54, 1.807) is 0 Å². The minimum absolute atomic E-state index is 0.00468. The van der Waals surface area contributed by atoms with E-state index in [0.717, 1.165) is 19.3 Å². The fourth-order valence-corrected chi connectivity index (χ4v) is 10.6. The van der Waals surface area contributed by atoms with Gasteiger partial charge in [0.05, 0.1) is 31.0 Å². The fraction of sp³-hybridized carbons (Fsp3) is 0.938. The molecule has 0 aromatic heterocycles. The summed E-state index contributed by atoms with van der Waals surface area (Å²) in [6, 6.07) is 0. The van der Waals surface area contributed by atoms with E-state index < -0.39 is 36.5 Å². The van der Waals surface area contributed by atoms with Crippen molar-refractivity contribution < 1.29 is 29.3 Å². The van der Waals surface area contributed by atoms with Crippen LogP contribution < -0.4 is 0 Å². The van der Waals surface area contributed by atoms with Gasteiger partial charge in [-0.3, -0.25) is 9.59 Å².